The predicted molar refractivity (Wildman–Crippen MR) is 97.0 cm³/mol. The van der Waals surface area contributed by atoms with Gasteiger partial charge < -0.3 is 15.3 Å². The molecule has 5 nitrogen and oxygen atoms in total. The lowest BCUT2D eigenvalue weighted by Crippen LogP contribution is -2.47. The van der Waals surface area contributed by atoms with E-state index in [1.165, 1.54) is 0 Å². The summed E-state index contributed by atoms with van der Waals surface area (Å²) < 4.78 is 0. The number of aliphatic hydroxyl groups is 1. The van der Waals surface area contributed by atoms with Gasteiger partial charge in [-0.25, -0.2) is 4.79 Å². The minimum absolute atomic E-state index is 0.00479. The highest BCUT2D eigenvalue weighted by atomic mass is 16.3. The molecule has 1 saturated heterocycles. The largest absolute Gasteiger partial charge is 0.394 e. The van der Waals surface area contributed by atoms with Crippen molar-refractivity contribution in [2.45, 2.75) is 31.8 Å². The van der Waals surface area contributed by atoms with Crippen LogP contribution in [0.5, 0.6) is 0 Å². The van der Waals surface area contributed by atoms with Crippen LogP contribution in [0, 0.1) is 5.92 Å². The standard InChI is InChI=1S/C20H25N3O2/c1-15-10-12-23(19(15)14-24)20(25)22-18(16-7-3-2-4-8-16)13-17-9-5-6-11-21-17/h2-9,11,15,18-19,24H,10,12-14H2,1H3,(H,22,25). The van der Waals surface area contributed by atoms with Gasteiger partial charge in [0.2, 0.25) is 0 Å². The number of likely N-dealkylation sites (tertiary alicyclic amines) is 1. The Bertz CT molecular complexity index is 678. The lowest BCUT2D eigenvalue weighted by atomic mass is 10.0. The molecule has 0 spiro atoms. The molecule has 1 aromatic heterocycles. The lowest BCUT2D eigenvalue weighted by molar-refractivity contribution is 0.141. The van der Waals surface area contributed by atoms with E-state index in [9.17, 15) is 9.90 Å². The summed E-state index contributed by atoms with van der Waals surface area (Å²) in [4.78, 5) is 19.0. The summed E-state index contributed by atoms with van der Waals surface area (Å²) >= 11 is 0. The monoisotopic (exact) mass is 339 g/mol. The number of nitrogens with zero attached hydrogens (tertiary/aromatic N) is 2. The number of amides is 2. The molecule has 0 bridgehead atoms. The number of aromatic nitrogens is 1. The molecular formula is C20H25N3O2. The van der Waals surface area contributed by atoms with Crippen molar-refractivity contribution >= 4 is 6.03 Å². The number of carbonyl (C=O) groups is 1. The number of carbonyl (C=O) groups excluding carboxylic acids is 1. The zero-order valence-electron chi connectivity index (χ0n) is 14.5. The molecule has 0 aliphatic carbocycles. The lowest BCUT2D eigenvalue weighted by Gasteiger charge is -2.28. The SMILES string of the molecule is CC1CCN(C(=O)NC(Cc2ccccn2)c2ccccc2)C1CO. The number of hydrogen-bond acceptors (Lipinski definition) is 3. The maximum atomic E-state index is 12.8. The Balaban J connectivity index is 1.77. The number of nitrogens with one attached hydrogen (secondary N) is 1. The highest BCUT2D eigenvalue weighted by Crippen LogP contribution is 2.25. The molecule has 1 aliphatic rings. The van der Waals surface area contributed by atoms with Crippen molar-refractivity contribution < 1.29 is 9.90 Å². The van der Waals surface area contributed by atoms with Gasteiger partial charge in [0.15, 0.2) is 0 Å². The van der Waals surface area contributed by atoms with Crippen LogP contribution in [0.2, 0.25) is 0 Å². The Morgan fingerprint density at radius 2 is 2.04 bits per heavy atom. The quantitative estimate of drug-likeness (QED) is 0.880. The van der Waals surface area contributed by atoms with Crippen LogP contribution in [0.15, 0.2) is 54.7 Å². The van der Waals surface area contributed by atoms with Crippen molar-refractivity contribution in [1.29, 1.82) is 0 Å². The van der Waals surface area contributed by atoms with Gasteiger partial charge in [0.05, 0.1) is 18.7 Å². The van der Waals surface area contributed by atoms with Gasteiger partial charge in [-0.2, -0.15) is 0 Å². The molecule has 132 valence electrons. The van der Waals surface area contributed by atoms with Crippen molar-refractivity contribution in [3.8, 4) is 0 Å². The Labute approximate surface area is 148 Å². The molecule has 0 saturated carbocycles. The van der Waals surface area contributed by atoms with E-state index in [-0.39, 0.29) is 24.7 Å². The number of urea groups is 1. The fraction of sp³-hybridized carbons (Fsp3) is 0.400. The highest BCUT2D eigenvalue weighted by molar-refractivity contribution is 5.75. The number of hydrogen-bond donors (Lipinski definition) is 2. The van der Waals surface area contributed by atoms with E-state index in [0.717, 1.165) is 17.7 Å². The third-order valence-corrected chi connectivity index (χ3v) is 4.97. The average Bonchev–Trinajstić information content (AvgIpc) is 3.03. The fourth-order valence-corrected chi connectivity index (χ4v) is 3.44. The summed E-state index contributed by atoms with van der Waals surface area (Å²) in [6, 6.07) is 15.4. The molecule has 1 aromatic carbocycles. The Morgan fingerprint density at radius 3 is 2.72 bits per heavy atom. The Morgan fingerprint density at radius 1 is 1.28 bits per heavy atom. The zero-order chi connectivity index (χ0) is 17.6. The van der Waals surface area contributed by atoms with E-state index < -0.39 is 0 Å². The summed E-state index contributed by atoms with van der Waals surface area (Å²) in [5.74, 6) is 0.321. The molecule has 25 heavy (non-hydrogen) atoms. The van der Waals surface area contributed by atoms with E-state index >= 15 is 0 Å². The zero-order valence-corrected chi connectivity index (χ0v) is 14.5. The minimum Gasteiger partial charge on any atom is -0.394 e. The van der Waals surface area contributed by atoms with Crippen molar-refractivity contribution in [2.75, 3.05) is 13.2 Å². The van der Waals surface area contributed by atoms with Crippen LogP contribution in [0.1, 0.15) is 30.6 Å². The third kappa shape index (κ3) is 4.17. The second-order valence-corrected chi connectivity index (χ2v) is 6.65. The molecule has 2 N–H and O–H groups in total. The molecule has 5 heteroatoms. The molecule has 2 aromatic rings. The van der Waals surface area contributed by atoms with Gasteiger partial charge in [-0.15, -0.1) is 0 Å². The van der Waals surface area contributed by atoms with Gasteiger partial charge in [0.1, 0.15) is 0 Å². The van der Waals surface area contributed by atoms with E-state index in [1.807, 2.05) is 48.5 Å². The third-order valence-electron chi connectivity index (χ3n) is 4.97. The van der Waals surface area contributed by atoms with Crippen LogP contribution in [-0.2, 0) is 6.42 Å². The predicted octanol–water partition coefficient (Wildman–Crippen LogP) is 2.78. The molecule has 3 unspecified atom stereocenters. The molecule has 1 fully saturated rings. The molecule has 3 atom stereocenters. The summed E-state index contributed by atoms with van der Waals surface area (Å²) in [6.07, 6.45) is 3.32. The topological polar surface area (TPSA) is 65.5 Å². The smallest absolute Gasteiger partial charge is 0.318 e. The van der Waals surface area contributed by atoms with Crippen LogP contribution in [0.4, 0.5) is 4.79 Å². The first kappa shape index (κ1) is 17.4. The van der Waals surface area contributed by atoms with Gasteiger partial charge in [-0.3, -0.25) is 4.98 Å². The van der Waals surface area contributed by atoms with Gasteiger partial charge >= 0.3 is 6.03 Å². The first-order valence-electron chi connectivity index (χ1n) is 8.82. The average molecular weight is 339 g/mol. The van der Waals surface area contributed by atoms with Crippen molar-refractivity contribution in [3.63, 3.8) is 0 Å². The maximum Gasteiger partial charge on any atom is 0.318 e. The number of pyridine rings is 1. The maximum absolute atomic E-state index is 12.8. The molecule has 2 amide bonds. The van der Waals surface area contributed by atoms with Gasteiger partial charge in [-0.1, -0.05) is 43.3 Å². The highest BCUT2D eigenvalue weighted by Gasteiger charge is 2.34. The van der Waals surface area contributed by atoms with Gasteiger partial charge in [-0.05, 0) is 30.0 Å². The second kappa shape index (κ2) is 8.12. The number of rotatable bonds is 5. The Kier molecular flexibility index (Phi) is 5.66. The van der Waals surface area contributed by atoms with Crippen LogP contribution >= 0.6 is 0 Å². The summed E-state index contributed by atoms with van der Waals surface area (Å²) in [7, 11) is 0. The van der Waals surface area contributed by atoms with Crippen LogP contribution in [-0.4, -0.2) is 40.2 Å². The fourth-order valence-electron chi connectivity index (χ4n) is 3.44. The van der Waals surface area contributed by atoms with Gasteiger partial charge in [0, 0.05) is 24.9 Å². The summed E-state index contributed by atoms with van der Waals surface area (Å²) in [5.41, 5.74) is 1.99. The summed E-state index contributed by atoms with van der Waals surface area (Å²) in [5, 5.41) is 12.8. The van der Waals surface area contributed by atoms with Gasteiger partial charge in [0.25, 0.3) is 0 Å². The second-order valence-electron chi connectivity index (χ2n) is 6.65. The molecule has 0 radical (unpaired) electrons. The van der Waals surface area contributed by atoms with E-state index in [0.29, 0.717) is 18.9 Å². The summed E-state index contributed by atoms with van der Waals surface area (Å²) in [6.45, 7) is 2.77. The molecule has 1 aliphatic heterocycles. The molecule has 2 heterocycles. The number of benzene rings is 1. The number of aliphatic hydroxyl groups excluding tert-OH is 1. The van der Waals surface area contributed by atoms with E-state index in [2.05, 4.69) is 17.2 Å². The van der Waals surface area contributed by atoms with Crippen molar-refractivity contribution in [1.82, 2.24) is 15.2 Å². The first-order chi connectivity index (χ1) is 12.2. The van der Waals surface area contributed by atoms with Crippen LogP contribution < -0.4 is 5.32 Å². The minimum atomic E-state index is -0.154. The van der Waals surface area contributed by atoms with Crippen molar-refractivity contribution in [2.24, 2.45) is 5.92 Å². The van der Waals surface area contributed by atoms with Crippen LogP contribution in [0.25, 0.3) is 0 Å². The first-order valence-corrected chi connectivity index (χ1v) is 8.82. The van der Waals surface area contributed by atoms with Crippen LogP contribution in [0.3, 0.4) is 0 Å². The Hall–Kier alpha value is -2.40. The molecule has 3 rings (SSSR count). The van der Waals surface area contributed by atoms with E-state index in [1.54, 1.807) is 11.1 Å². The normalized spacial score (nSPS) is 21.1. The molecular weight excluding hydrogens is 314 g/mol. The van der Waals surface area contributed by atoms with E-state index in [4.69, 9.17) is 0 Å². The van der Waals surface area contributed by atoms with Crippen molar-refractivity contribution in [3.05, 3.63) is 66.0 Å².